The number of anilines is 1. The van der Waals surface area contributed by atoms with Gasteiger partial charge < -0.3 is 15.0 Å². The van der Waals surface area contributed by atoms with Crippen LogP contribution >= 0.6 is 0 Å². The number of aryl methyl sites for hydroxylation is 1. The van der Waals surface area contributed by atoms with Crippen molar-refractivity contribution in [2.75, 3.05) is 45.7 Å². The Morgan fingerprint density at radius 1 is 1.14 bits per heavy atom. The number of nitrogens with one attached hydrogen (secondary N) is 1. The zero-order valence-corrected chi connectivity index (χ0v) is 17.0. The van der Waals surface area contributed by atoms with Gasteiger partial charge >= 0.3 is 0 Å². The average Bonchev–Trinajstić information content (AvgIpc) is 2.69. The zero-order chi connectivity index (χ0) is 20.3. The fraction of sp³-hybridized carbons (Fsp3) is 0.368. The second kappa shape index (κ2) is 8.26. The van der Waals surface area contributed by atoms with Gasteiger partial charge in [-0.05, 0) is 37.7 Å². The molecule has 1 saturated heterocycles. The number of methoxy groups -OCH3 is 1. The summed E-state index contributed by atoms with van der Waals surface area (Å²) in [6, 6.07) is 8.08. The number of nitrogens with zero attached hydrogens (tertiary/aromatic N) is 3. The fourth-order valence-electron chi connectivity index (χ4n) is 2.96. The van der Waals surface area contributed by atoms with E-state index in [2.05, 4.69) is 15.2 Å². The Kier molecular flexibility index (Phi) is 5.97. The van der Waals surface area contributed by atoms with E-state index in [9.17, 15) is 13.2 Å². The molecule has 8 nitrogen and oxygen atoms in total. The molecular weight excluding hydrogens is 380 g/mol. The summed E-state index contributed by atoms with van der Waals surface area (Å²) in [5, 5.41) is 2.73. The highest BCUT2D eigenvalue weighted by Gasteiger charge is 2.29. The number of amides is 1. The Hall–Kier alpha value is -2.49. The van der Waals surface area contributed by atoms with E-state index in [4.69, 9.17) is 4.74 Å². The Labute approximate surface area is 165 Å². The number of benzene rings is 1. The van der Waals surface area contributed by atoms with Crippen molar-refractivity contribution in [2.24, 2.45) is 0 Å². The molecule has 1 amide bonds. The summed E-state index contributed by atoms with van der Waals surface area (Å²) in [4.78, 5) is 18.8. The lowest BCUT2D eigenvalue weighted by Crippen LogP contribution is -2.47. The molecule has 0 spiro atoms. The summed E-state index contributed by atoms with van der Waals surface area (Å²) in [6.07, 6.45) is 1.41. The number of carbonyl (C=O) groups excluding carboxylic acids is 1. The topological polar surface area (TPSA) is 91.8 Å². The van der Waals surface area contributed by atoms with E-state index in [0.29, 0.717) is 48.9 Å². The number of ether oxygens (including phenoxy) is 1. The molecular formula is C19H24N4O4S. The predicted molar refractivity (Wildman–Crippen MR) is 106 cm³/mol. The first-order valence-corrected chi connectivity index (χ1v) is 10.4. The van der Waals surface area contributed by atoms with Crippen LogP contribution in [0.15, 0.2) is 41.4 Å². The molecule has 1 aromatic carbocycles. The van der Waals surface area contributed by atoms with Crippen LogP contribution in [0.5, 0.6) is 5.88 Å². The third-order valence-electron chi connectivity index (χ3n) is 4.73. The van der Waals surface area contributed by atoms with Gasteiger partial charge in [-0.15, -0.1) is 0 Å². The molecule has 3 rings (SSSR count). The van der Waals surface area contributed by atoms with E-state index >= 15 is 0 Å². The number of hydrogen-bond donors (Lipinski definition) is 1. The standard InChI is InChI=1S/C19H24N4O4S/c1-14-4-6-16(21-19(24)15-5-7-18(27-3)20-13-15)12-17(14)28(25,26)23-10-8-22(2)9-11-23/h4-7,12-13H,8-11H2,1-3H3,(H,21,24). The van der Waals surface area contributed by atoms with Crippen molar-refractivity contribution in [3.05, 3.63) is 47.7 Å². The molecule has 0 bridgehead atoms. The first-order chi connectivity index (χ1) is 13.3. The van der Waals surface area contributed by atoms with Gasteiger partial charge in [0.2, 0.25) is 15.9 Å². The summed E-state index contributed by atoms with van der Waals surface area (Å²) in [7, 11) is -0.153. The number of pyridine rings is 1. The van der Waals surface area contributed by atoms with Gasteiger partial charge in [0.05, 0.1) is 17.6 Å². The Morgan fingerprint density at radius 3 is 2.46 bits per heavy atom. The largest absolute Gasteiger partial charge is 0.481 e. The van der Waals surface area contributed by atoms with Gasteiger partial charge in [-0.2, -0.15) is 4.31 Å². The van der Waals surface area contributed by atoms with Crippen LogP contribution in [0.2, 0.25) is 0 Å². The molecule has 1 N–H and O–H groups in total. The maximum Gasteiger partial charge on any atom is 0.257 e. The SMILES string of the molecule is COc1ccc(C(=O)Nc2ccc(C)c(S(=O)(=O)N3CCN(C)CC3)c2)cn1. The highest BCUT2D eigenvalue weighted by molar-refractivity contribution is 7.89. The van der Waals surface area contributed by atoms with Crippen molar-refractivity contribution < 1.29 is 17.9 Å². The number of sulfonamides is 1. The molecule has 2 heterocycles. The number of likely N-dealkylation sites (N-methyl/N-ethyl adjacent to an activating group) is 1. The normalized spacial score (nSPS) is 16.0. The quantitative estimate of drug-likeness (QED) is 0.814. The average molecular weight is 404 g/mol. The minimum absolute atomic E-state index is 0.211. The Morgan fingerprint density at radius 2 is 1.86 bits per heavy atom. The molecule has 1 aliphatic heterocycles. The molecule has 9 heteroatoms. The van der Waals surface area contributed by atoms with Crippen molar-refractivity contribution in [3.8, 4) is 5.88 Å². The number of carbonyl (C=O) groups is 1. The second-order valence-corrected chi connectivity index (χ2v) is 8.64. The monoisotopic (exact) mass is 404 g/mol. The molecule has 0 atom stereocenters. The molecule has 1 aromatic heterocycles. The minimum atomic E-state index is -3.62. The maximum absolute atomic E-state index is 13.1. The second-order valence-electron chi connectivity index (χ2n) is 6.73. The van der Waals surface area contributed by atoms with Crippen molar-refractivity contribution in [1.29, 1.82) is 0 Å². The third-order valence-corrected chi connectivity index (χ3v) is 6.77. The summed E-state index contributed by atoms with van der Waals surface area (Å²) in [5.41, 5.74) is 1.41. The summed E-state index contributed by atoms with van der Waals surface area (Å²) in [6.45, 7) is 4.04. The van der Waals surface area contributed by atoms with E-state index in [1.165, 1.54) is 23.7 Å². The Balaban J connectivity index is 1.81. The van der Waals surface area contributed by atoms with Crippen LogP contribution in [0.1, 0.15) is 15.9 Å². The van der Waals surface area contributed by atoms with Crippen LogP contribution in [-0.2, 0) is 10.0 Å². The van der Waals surface area contributed by atoms with Gasteiger partial charge in [0.15, 0.2) is 0 Å². The highest BCUT2D eigenvalue weighted by atomic mass is 32.2. The lowest BCUT2D eigenvalue weighted by atomic mass is 10.2. The molecule has 0 unspecified atom stereocenters. The molecule has 1 aliphatic rings. The highest BCUT2D eigenvalue weighted by Crippen LogP contribution is 2.25. The Bertz CT molecular complexity index is 952. The van der Waals surface area contributed by atoms with Crippen LogP contribution in [0.25, 0.3) is 0 Å². The maximum atomic E-state index is 13.1. The molecule has 0 saturated carbocycles. The summed E-state index contributed by atoms with van der Waals surface area (Å²) in [5.74, 6) is 0.0365. The molecule has 150 valence electrons. The van der Waals surface area contributed by atoms with Gasteiger partial charge in [0, 0.05) is 44.1 Å². The van der Waals surface area contributed by atoms with E-state index in [1.54, 1.807) is 31.2 Å². The number of aromatic nitrogens is 1. The van der Waals surface area contributed by atoms with Gasteiger partial charge in [0.25, 0.3) is 5.91 Å². The third kappa shape index (κ3) is 4.32. The van der Waals surface area contributed by atoms with Gasteiger partial charge in [0.1, 0.15) is 0 Å². The van der Waals surface area contributed by atoms with Gasteiger partial charge in [-0.1, -0.05) is 6.07 Å². The molecule has 0 aliphatic carbocycles. The molecule has 2 aromatic rings. The van der Waals surface area contributed by atoms with E-state index in [1.807, 2.05) is 7.05 Å². The van der Waals surface area contributed by atoms with Crippen LogP contribution in [0, 0.1) is 6.92 Å². The fourth-order valence-corrected chi connectivity index (χ4v) is 4.63. The first-order valence-electron chi connectivity index (χ1n) is 8.92. The zero-order valence-electron chi connectivity index (χ0n) is 16.2. The van der Waals surface area contributed by atoms with Crippen LogP contribution in [0.3, 0.4) is 0 Å². The predicted octanol–water partition coefficient (Wildman–Crippen LogP) is 1.59. The van der Waals surface area contributed by atoms with Gasteiger partial charge in [-0.3, -0.25) is 4.79 Å². The van der Waals surface area contributed by atoms with Crippen LogP contribution < -0.4 is 10.1 Å². The smallest absolute Gasteiger partial charge is 0.257 e. The van der Waals surface area contributed by atoms with Crippen molar-refractivity contribution in [1.82, 2.24) is 14.2 Å². The molecule has 0 radical (unpaired) electrons. The lowest BCUT2D eigenvalue weighted by Gasteiger charge is -2.32. The van der Waals surface area contributed by atoms with Crippen molar-refractivity contribution >= 4 is 21.6 Å². The van der Waals surface area contributed by atoms with Crippen LogP contribution in [0.4, 0.5) is 5.69 Å². The number of rotatable bonds is 5. The number of piperazine rings is 1. The summed E-state index contributed by atoms with van der Waals surface area (Å²) < 4.78 is 32.6. The first kappa shape index (κ1) is 20.2. The van der Waals surface area contributed by atoms with Crippen molar-refractivity contribution in [3.63, 3.8) is 0 Å². The van der Waals surface area contributed by atoms with E-state index in [0.717, 1.165) is 0 Å². The lowest BCUT2D eigenvalue weighted by molar-refractivity contribution is 0.102. The van der Waals surface area contributed by atoms with E-state index in [-0.39, 0.29) is 10.8 Å². The van der Waals surface area contributed by atoms with Gasteiger partial charge in [-0.25, -0.2) is 13.4 Å². The number of hydrogen-bond acceptors (Lipinski definition) is 6. The van der Waals surface area contributed by atoms with Crippen molar-refractivity contribution in [2.45, 2.75) is 11.8 Å². The molecule has 28 heavy (non-hydrogen) atoms. The van der Waals surface area contributed by atoms with Crippen LogP contribution in [-0.4, -0.2) is 68.9 Å². The minimum Gasteiger partial charge on any atom is -0.481 e. The molecule has 1 fully saturated rings. The van der Waals surface area contributed by atoms with E-state index < -0.39 is 10.0 Å². The summed E-state index contributed by atoms with van der Waals surface area (Å²) >= 11 is 0.